The summed E-state index contributed by atoms with van der Waals surface area (Å²) >= 11 is 0. The highest BCUT2D eigenvalue weighted by Crippen LogP contribution is 2.22. The molecule has 1 aromatic rings. The lowest BCUT2D eigenvalue weighted by Gasteiger charge is -2.25. The van der Waals surface area contributed by atoms with Gasteiger partial charge in [0.25, 0.3) is 0 Å². The highest BCUT2D eigenvalue weighted by molar-refractivity contribution is 5.88. The normalized spacial score (nSPS) is 23.8. The van der Waals surface area contributed by atoms with Gasteiger partial charge in [0.2, 0.25) is 0 Å². The molecule has 4 nitrogen and oxygen atoms in total. The van der Waals surface area contributed by atoms with Crippen LogP contribution in [0.2, 0.25) is 0 Å². The monoisotopic (exact) mass is 292 g/mol. The molecule has 0 aromatic heterocycles. The molecule has 0 bridgehead atoms. The Hall–Kier alpha value is -1.46. The first-order valence-electron chi connectivity index (χ1n) is 7.61. The summed E-state index contributed by atoms with van der Waals surface area (Å²) in [7, 11) is 0. The highest BCUT2D eigenvalue weighted by atomic mass is 19.1. The Kier molecular flexibility index (Phi) is 4.22. The number of carboxylic acid groups (broad SMARTS) is 1. The average Bonchev–Trinajstić information content (AvgIpc) is 2.79. The molecule has 2 heterocycles. The van der Waals surface area contributed by atoms with Gasteiger partial charge in [-0.15, -0.1) is 0 Å². The number of nitrogens with zero attached hydrogens (tertiary/aromatic N) is 2. The minimum Gasteiger partial charge on any atom is -0.478 e. The number of carbonyl (C=O) groups is 1. The van der Waals surface area contributed by atoms with Crippen LogP contribution in [0.15, 0.2) is 18.2 Å². The quantitative estimate of drug-likeness (QED) is 0.927. The van der Waals surface area contributed by atoms with Crippen molar-refractivity contribution in [3.8, 4) is 0 Å². The first kappa shape index (κ1) is 14.5. The highest BCUT2D eigenvalue weighted by Gasteiger charge is 2.28. The lowest BCUT2D eigenvalue weighted by atomic mass is 10.1. The van der Waals surface area contributed by atoms with E-state index in [4.69, 9.17) is 5.11 Å². The molecule has 21 heavy (non-hydrogen) atoms. The first-order chi connectivity index (χ1) is 10.1. The van der Waals surface area contributed by atoms with Crippen LogP contribution in [0.1, 0.15) is 35.2 Å². The van der Waals surface area contributed by atoms with Crippen LogP contribution in [0.3, 0.4) is 0 Å². The number of aromatic carboxylic acids is 1. The van der Waals surface area contributed by atoms with Crippen molar-refractivity contribution in [1.82, 2.24) is 9.80 Å². The van der Waals surface area contributed by atoms with Gasteiger partial charge in [0.15, 0.2) is 0 Å². The van der Waals surface area contributed by atoms with Crippen molar-refractivity contribution in [1.29, 1.82) is 0 Å². The van der Waals surface area contributed by atoms with Gasteiger partial charge >= 0.3 is 5.97 Å². The molecule has 0 spiro atoms. The second-order valence-electron chi connectivity index (χ2n) is 6.04. The molecular weight excluding hydrogens is 271 g/mol. The molecule has 0 aliphatic carbocycles. The van der Waals surface area contributed by atoms with Gasteiger partial charge in [-0.05, 0) is 56.6 Å². The van der Waals surface area contributed by atoms with Gasteiger partial charge in [0.05, 0.1) is 5.56 Å². The second kappa shape index (κ2) is 6.12. The molecule has 5 heteroatoms. The number of carboxylic acids is 1. The molecular formula is C16H21FN2O2. The summed E-state index contributed by atoms with van der Waals surface area (Å²) in [5.41, 5.74) is 0.644. The minimum absolute atomic E-state index is 0.232. The van der Waals surface area contributed by atoms with Crippen LogP contribution < -0.4 is 0 Å². The van der Waals surface area contributed by atoms with Crippen molar-refractivity contribution in [2.45, 2.75) is 31.8 Å². The SMILES string of the molecule is O=C(O)c1cc(CN2CCCN3CCCC3C2)ccc1F. The van der Waals surface area contributed by atoms with Crippen molar-refractivity contribution >= 4 is 5.97 Å². The van der Waals surface area contributed by atoms with Crippen molar-refractivity contribution in [2.75, 3.05) is 26.2 Å². The van der Waals surface area contributed by atoms with E-state index in [0.29, 0.717) is 12.6 Å². The summed E-state index contributed by atoms with van der Waals surface area (Å²) < 4.78 is 13.4. The average molecular weight is 292 g/mol. The third kappa shape index (κ3) is 3.24. The molecule has 0 saturated carbocycles. The Bertz CT molecular complexity index is 535. The molecule has 0 amide bonds. The van der Waals surface area contributed by atoms with Crippen LogP contribution in [0.5, 0.6) is 0 Å². The van der Waals surface area contributed by atoms with Gasteiger partial charge in [-0.25, -0.2) is 9.18 Å². The molecule has 2 aliphatic heterocycles. The minimum atomic E-state index is -1.20. The molecule has 2 aliphatic rings. The Morgan fingerprint density at radius 3 is 2.90 bits per heavy atom. The van der Waals surface area contributed by atoms with Crippen LogP contribution in [0.4, 0.5) is 4.39 Å². The molecule has 2 saturated heterocycles. The standard InChI is InChI=1S/C16H21FN2O2/c17-15-5-4-12(9-14(15)16(20)21)10-18-6-2-8-19-7-1-3-13(19)11-18/h4-5,9,13H,1-3,6-8,10-11H2,(H,20,21). The lowest BCUT2D eigenvalue weighted by molar-refractivity contribution is 0.0691. The van der Waals surface area contributed by atoms with E-state index in [1.165, 1.54) is 31.5 Å². The van der Waals surface area contributed by atoms with E-state index in [1.54, 1.807) is 6.07 Å². The molecule has 1 unspecified atom stereocenters. The van der Waals surface area contributed by atoms with Gasteiger partial charge in [0, 0.05) is 19.1 Å². The predicted octanol–water partition coefficient (Wildman–Crippen LogP) is 2.19. The summed E-state index contributed by atoms with van der Waals surface area (Å²) in [5.74, 6) is -1.86. The zero-order valence-electron chi connectivity index (χ0n) is 12.1. The number of hydrogen-bond acceptors (Lipinski definition) is 3. The fraction of sp³-hybridized carbons (Fsp3) is 0.562. The number of hydrogen-bond donors (Lipinski definition) is 1. The van der Waals surface area contributed by atoms with E-state index in [0.717, 1.165) is 31.6 Å². The maximum absolute atomic E-state index is 13.4. The molecule has 3 rings (SSSR count). The van der Waals surface area contributed by atoms with Gasteiger partial charge in [-0.1, -0.05) is 6.07 Å². The third-order valence-electron chi connectivity index (χ3n) is 4.56. The van der Waals surface area contributed by atoms with Crippen LogP contribution in [-0.4, -0.2) is 53.1 Å². The maximum Gasteiger partial charge on any atom is 0.338 e. The van der Waals surface area contributed by atoms with Crippen molar-refractivity contribution < 1.29 is 14.3 Å². The Labute approximate surface area is 124 Å². The number of rotatable bonds is 3. The number of halogens is 1. The molecule has 1 atom stereocenters. The van der Waals surface area contributed by atoms with E-state index in [1.807, 2.05) is 0 Å². The zero-order chi connectivity index (χ0) is 14.8. The van der Waals surface area contributed by atoms with E-state index in [-0.39, 0.29) is 5.56 Å². The van der Waals surface area contributed by atoms with E-state index in [2.05, 4.69) is 9.80 Å². The smallest absolute Gasteiger partial charge is 0.338 e. The lowest BCUT2D eigenvalue weighted by Crippen LogP contribution is -2.36. The Morgan fingerprint density at radius 2 is 2.10 bits per heavy atom. The summed E-state index contributed by atoms with van der Waals surface area (Å²) in [6.45, 7) is 5.11. The molecule has 2 fully saturated rings. The first-order valence-corrected chi connectivity index (χ1v) is 7.61. The van der Waals surface area contributed by atoms with Gasteiger partial charge in [-0.2, -0.15) is 0 Å². The van der Waals surface area contributed by atoms with E-state index >= 15 is 0 Å². The fourth-order valence-electron chi connectivity index (χ4n) is 3.52. The predicted molar refractivity (Wildman–Crippen MR) is 77.8 cm³/mol. The Balaban J connectivity index is 1.71. The van der Waals surface area contributed by atoms with Crippen LogP contribution >= 0.6 is 0 Å². The summed E-state index contributed by atoms with van der Waals surface area (Å²) in [5, 5.41) is 9.00. The van der Waals surface area contributed by atoms with Crippen molar-refractivity contribution in [2.24, 2.45) is 0 Å². The van der Waals surface area contributed by atoms with E-state index in [9.17, 15) is 9.18 Å². The topological polar surface area (TPSA) is 43.8 Å². The summed E-state index contributed by atoms with van der Waals surface area (Å²) in [6.07, 6.45) is 3.67. The van der Waals surface area contributed by atoms with Crippen LogP contribution in [-0.2, 0) is 6.54 Å². The van der Waals surface area contributed by atoms with Gasteiger partial charge in [0.1, 0.15) is 5.82 Å². The summed E-state index contributed by atoms with van der Waals surface area (Å²) in [4.78, 5) is 15.9. The third-order valence-corrected chi connectivity index (χ3v) is 4.56. The number of benzene rings is 1. The molecule has 114 valence electrons. The van der Waals surface area contributed by atoms with Gasteiger partial charge in [-0.3, -0.25) is 9.80 Å². The largest absolute Gasteiger partial charge is 0.478 e. The molecule has 1 aromatic carbocycles. The summed E-state index contributed by atoms with van der Waals surface area (Å²) in [6, 6.07) is 5.05. The maximum atomic E-state index is 13.4. The number of fused-ring (bicyclic) bond motifs is 1. The van der Waals surface area contributed by atoms with Crippen LogP contribution in [0.25, 0.3) is 0 Å². The zero-order valence-corrected chi connectivity index (χ0v) is 12.1. The fourth-order valence-corrected chi connectivity index (χ4v) is 3.52. The van der Waals surface area contributed by atoms with Gasteiger partial charge < -0.3 is 5.11 Å². The van der Waals surface area contributed by atoms with Crippen LogP contribution in [0, 0.1) is 5.82 Å². The molecule has 1 N–H and O–H groups in total. The molecule has 0 radical (unpaired) electrons. The van der Waals surface area contributed by atoms with E-state index < -0.39 is 11.8 Å². The van der Waals surface area contributed by atoms with Crippen molar-refractivity contribution in [3.63, 3.8) is 0 Å². The second-order valence-corrected chi connectivity index (χ2v) is 6.04. The Morgan fingerprint density at radius 1 is 1.29 bits per heavy atom. The van der Waals surface area contributed by atoms with Crippen molar-refractivity contribution in [3.05, 3.63) is 35.1 Å².